The van der Waals surface area contributed by atoms with Crippen molar-refractivity contribution in [1.29, 1.82) is 0 Å². The first-order valence-electron chi connectivity index (χ1n) is 9.87. The van der Waals surface area contributed by atoms with Gasteiger partial charge in [-0.3, -0.25) is 4.79 Å². The molecule has 2 aromatic carbocycles. The average molecular weight is 423 g/mol. The average Bonchev–Trinajstić information content (AvgIpc) is 2.72. The van der Waals surface area contributed by atoms with Crippen LogP contribution in [0.25, 0.3) is 0 Å². The highest BCUT2D eigenvalue weighted by atomic mass is 35.5. The Kier molecular flexibility index (Phi) is 5.59. The van der Waals surface area contributed by atoms with Crippen LogP contribution in [0.2, 0.25) is 5.02 Å². The summed E-state index contributed by atoms with van der Waals surface area (Å²) in [4.78, 5) is 34.5. The first kappa shape index (κ1) is 20.2. The van der Waals surface area contributed by atoms with Crippen molar-refractivity contribution >= 4 is 23.3 Å². The molecule has 30 heavy (non-hydrogen) atoms. The van der Waals surface area contributed by atoms with Gasteiger partial charge in [0.15, 0.2) is 0 Å². The molecule has 4 rings (SSSR count). The molecule has 6 nitrogen and oxygen atoms in total. The number of fused-ring (bicyclic) bond motifs is 1. The van der Waals surface area contributed by atoms with Gasteiger partial charge in [0.25, 0.3) is 5.56 Å². The van der Waals surface area contributed by atoms with E-state index in [-0.39, 0.29) is 18.1 Å². The van der Waals surface area contributed by atoms with Gasteiger partial charge in [-0.25, -0.2) is 9.78 Å². The Balaban J connectivity index is 1.48. The second-order valence-electron chi connectivity index (χ2n) is 7.67. The van der Waals surface area contributed by atoms with Gasteiger partial charge in [-0.2, -0.15) is 0 Å². The van der Waals surface area contributed by atoms with Crippen LogP contribution < -0.4 is 10.9 Å². The third-order valence-electron chi connectivity index (χ3n) is 5.32. The van der Waals surface area contributed by atoms with Gasteiger partial charge in [0.2, 0.25) is 0 Å². The van der Waals surface area contributed by atoms with E-state index < -0.39 is 0 Å². The minimum absolute atomic E-state index is 0.182. The van der Waals surface area contributed by atoms with E-state index in [0.29, 0.717) is 41.5 Å². The normalized spacial score (nSPS) is 13.1. The molecule has 0 saturated heterocycles. The van der Waals surface area contributed by atoms with Gasteiger partial charge < -0.3 is 15.2 Å². The molecule has 1 aliphatic heterocycles. The minimum atomic E-state index is -0.260. The Hall–Kier alpha value is -3.12. The maximum Gasteiger partial charge on any atom is 0.322 e. The SMILES string of the molecule is Cc1ccc(Cc2nc3c(c(=O)[nH]2)CN(C(=O)Nc2ccc(C)c(Cl)c2)CC3)cc1. The minimum Gasteiger partial charge on any atom is -0.320 e. The third-order valence-corrected chi connectivity index (χ3v) is 5.73. The van der Waals surface area contributed by atoms with Crippen molar-refractivity contribution in [3.63, 3.8) is 0 Å². The summed E-state index contributed by atoms with van der Waals surface area (Å²) >= 11 is 6.13. The summed E-state index contributed by atoms with van der Waals surface area (Å²) in [6, 6.07) is 13.3. The molecule has 0 spiro atoms. The topological polar surface area (TPSA) is 78.1 Å². The molecule has 0 atom stereocenters. The highest BCUT2D eigenvalue weighted by molar-refractivity contribution is 6.31. The smallest absolute Gasteiger partial charge is 0.320 e. The van der Waals surface area contributed by atoms with Crippen molar-refractivity contribution in [2.45, 2.75) is 33.2 Å². The van der Waals surface area contributed by atoms with E-state index in [2.05, 4.69) is 15.3 Å². The van der Waals surface area contributed by atoms with E-state index in [0.717, 1.165) is 16.8 Å². The zero-order chi connectivity index (χ0) is 21.3. The van der Waals surface area contributed by atoms with Crippen molar-refractivity contribution in [2.24, 2.45) is 0 Å². The van der Waals surface area contributed by atoms with Crippen molar-refractivity contribution in [3.05, 3.63) is 91.6 Å². The zero-order valence-electron chi connectivity index (χ0n) is 17.0. The van der Waals surface area contributed by atoms with Gasteiger partial charge in [-0.05, 0) is 37.1 Å². The first-order chi connectivity index (χ1) is 14.4. The quantitative estimate of drug-likeness (QED) is 0.663. The first-order valence-corrected chi connectivity index (χ1v) is 10.3. The molecular weight excluding hydrogens is 400 g/mol. The Bertz CT molecular complexity index is 1150. The van der Waals surface area contributed by atoms with E-state index in [1.807, 2.05) is 50.2 Å². The third kappa shape index (κ3) is 4.39. The number of urea groups is 1. The lowest BCUT2D eigenvalue weighted by atomic mass is 10.1. The molecule has 2 amide bonds. The highest BCUT2D eigenvalue weighted by Crippen LogP contribution is 2.21. The number of carbonyl (C=O) groups excluding carboxylic acids is 1. The van der Waals surface area contributed by atoms with Crippen LogP contribution in [0.5, 0.6) is 0 Å². The number of nitrogens with one attached hydrogen (secondary N) is 2. The van der Waals surface area contributed by atoms with E-state index in [4.69, 9.17) is 11.6 Å². The lowest BCUT2D eigenvalue weighted by molar-refractivity contribution is 0.205. The Morgan fingerprint density at radius 2 is 1.97 bits per heavy atom. The summed E-state index contributed by atoms with van der Waals surface area (Å²) in [7, 11) is 0. The van der Waals surface area contributed by atoms with Crippen LogP contribution in [0.3, 0.4) is 0 Å². The standard InChI is InChI=1S/C23H23ClN4O2/c1-14-3-6-16(7-4-14)11-21-26-20-9-10-28(13-18(20)22(29)27-21)23(30)25-17-8-5-15(2)19(24)12-17/h3-8,12H,9-11,13H2,1-2H3,(H,25,30)(H,26,27,29). The number of benzene rings is 2. The van der Waals surface area contributed by atoms with Crippen LogP contribution in [-0.4, -0.2) is 27.4 Å². The molecular formula is C23H23ClN4O2. The zero-order valence-corrected chi connectivity index (χ0v) is 17.7. The maximum atomic E-state index is 12.7. The fourth-order valence-electron chi connectivity index (χ4n) is 3.51. The fourth-order valence-corrected chi connectivity index (χ4v) is 3.69. The fraction of sp³-hybridized carbons (Fsp3) is 0.261. The van der Waals surface area contributed by atoms with Crippen molar-refractivity contribution in [1.82, 2.24) is 14.9 Å². The number of amides is 2. The number of carbonyl (C=O) groups is 1. The Labute approximate surface area is 179 Å². The number of anilines is 1. The van der Waals surface area contributed by atoms with Gasteiger partial charge in [0.1, 0.15) is 5.82 Å². The summed E-state index contributed by atoms with van der Waals surface area (Å²) in [5.41, 5.74) is 4.99. The second kappa shape index (κ2) is 8.32. The predicted molar refractivity (Wildman–Crippen MR) is 118 cm³/mol. The van der Waals surface area contributed by atoms with E-state index in [9.17, 15) is 9.59 Å². The van der Waals surface area contributed by atoms with Crippen LogP contribution in [0, 0.1) is 13.8 Å². The maximum absolute atomic E-state index is 12.7. The summed E-state index contributed by atoms with van der Waals surface area (Å²) in [5.74, 6) is 0.648. The van der Waals surface area contributed by atoms with E-state index >= 15 is 0 Å². The molecule has 154 valence electrons. The van der Waals surface area contributed by atoms with Crippen LogP contribution in [0.15, 0.2) is 47.3 Å². The number of nitrogens with zero attached hydrogens (tertiary/aromatic N) is 2. The van der Waals surface area contributed by atoms with Crippen LogP contribution in [0.1, 0.15) is 33.8 Å². The van der Waals surface area contributed by atoms with E-state index in [1.54, 1.807) is 11.0 Å². The van der Waals surface area contributed by atoms with Gasteiger partial charge in [0, 0.05) is 30.1 Å². The van der Waals surface area contributed by atoms with E-state index in [1.165, 1.54) is 5.56 Å². The molecule has 0 fully saturated rings. The summed E-state index contributed by atoms with van der Waals surface area (Å²) < 4.78 is 0. The van der Waals surface area contributed by atoms with Gasteiger partial charge in [0.05, 0.1) is 17.8 Å². The van der Waals surface area contributed by atoms with Crippen LogP contribution in [-0.2, 0) is 19.4 Å². The molecule has 2 heterocycles. The van der Waals surface area contributed by atoms with Crippen molar-refractivity contribution in [2.75, 3.05) is 11.9 Å². The second-order valence-corrected chi connectivity index (χ2v) is 8.07. The number of rotatable bonds is 3. The Morgan fingerprint density at radius 3 is 2.70 bits per heavy atom. The van der Waals surface area contributed by atoms with Crippen LogP contribution in [0.4, 0.5) is 10.5 Å². The molecule has 2 N–H and O–H groups in total. The van der Waals surface area contributed by atoms with Crippen molar-refractivity contribution in [3.8, 4) is 0 Å². The molecule has 0 aliphatic carbocycles. The molecule has 0 saturated carbocycles. The molecule has 0 radical (unpaired) electrons. The highest BCUT2D eigenvalue weighted by Gasteiger charge is 2.24. The largest absolute Gasteiger partial charge is 0.322 e. The predicted octanol–water partition coefficient (Wildman–Crippen LogP) is 4.22. The molecule has 7 heteroatoms. The van der Waals surface area contributed by atoms with Gasteiger partial charge >= 0.3 is 6.03 Å². The Morgan fingerprint density at radius 1 is 1.20 bits per heavy atom. The lowest BCUT2D eigenvalue weighted by Gasteiger charge is -2.28. The number of aryl methyl sites for hydroxylation is 2. The number of hydrogen-bond acceptors (Lipinski definition) is 3. The molecule has 0 unspecified atom stereocenters. The molecule has 0 bridgehead atoms. The van der Waals surface area contributed by atoms with Gasteiger partial charge in [-0.15, -0.1) is 0 Å². The number of H-pyrrole nitrogens is 1. The number of aromatic nitrogens is 2. The van der Waals surface area contributed by atoms with Crippen molar-refractivity contribution < 1.29 is 4.79 Å². The number of halogens is 1. The van der Waals surface area contributed by atoms with Crippen LogP contribution >= 0.6 is 11.6 Å². The summed E-state index contributed by atoms with van der Waals surface area (Å²) in [6.45, 7) is 4.67. The van der Waals surface area contributed by atoms with Gasteiger partial charge in [-0.1, -0.05) is 47.5 Å². The number of hydrogen-bond donors (Lipinski definition) is 2. The summed E-state index contributed by atoms with van der Waals surface area (Å²) in [5, 5.41) is 3.44. The molecule has 1 aromatic heterocycles. The summed E-state index contributed by atoms with van der Waals surface area (Å²) in [6.07, 6.45) is 1.11. The monoisotopic (exact) mass is 422 g/mol. The molecule has 3 aromatic rings. The number of aromatic amines is 1. The molecule has 1 aliphatic rings. The lowest BCUT2D eigenvalue weighted by Crippen LogP contribution is -2.42.